The molecule has 2 saturated heterocycles. The lowest BCUT2D eigenvalue weighted by Gasteiger charge is -2.30. The third-order valence-corrected chi connectivity index (χ3v) is 4.27. The van der Waals surface area contributed by atoms with Crippen molar-refractivity contribution in [3.63, 3.8) is 0 Å². The lowest BCUT2D eigenvalue weighted by Crippen LogP contribution is -2.45. The molecule has 2 aliphatic rings. The zero-order valence-corrected chi connectivity index (χ0v) is 11.6. The van der Waals surface area contributed by atoms with E-state index in [0.717, 1.165) is 44.9 Å². The third-order valence-electron chi connectivity index (χ3n) is 4.27. The molecule has 2 rings (SSSR count). The first-order chi connectivity index (χ1) is 8.81. The van der Waals surface area contributed by atoms with Crippen molar-refractivity contribution in [2.45, 2.75) is 45.1 Å². The van der Waals surface area contributed by atoms with Gasteiger partial charge in [-0.3, -0.25) is 9.69 Å². The number of carbonyl (C=O) groups is 1. The fourth-order valence-electron chi connectivity index (χ4n) is 3.16. The van der Waals surface area contributed by atoms with E-state index in [9.17, 15) is 4.79 Å². The average Bonchev–Trinajstić information content (AvgIpc) is 2.59. The largest absolute Gasteiger partial charge is 0.355 e. The van der Waals surface area contributed by atoms with E-state index in [-0.39, 0.29) is 11.9 Å². The van der Waals surface area contributed by atoms with Gasteiger partial charge in [-0.05, 0) is 57.7 Å². The van der Waals surface area contributed by atoms with Crippen molar-refractivity contribution in [2.75, 3.05) is 32.7 Å². The van der Waals surface area contributed by atoms with E-state index in [0.29, 0.717) is 0 Å². The maximum atomic E-state index is 11.9. The summed E-state index contributed by atoms with van der Waals surface area (Å²) in [5, 5.41) is 6.49. The highest BCUT2D eigenvalue weighted by Gasteiger charge is 2.26. The Morgan fingerprint density at radius 1 is 1.33 bits per heavy atom. The minimum atomic E-state index is 0.101. The van der Waals surface area contributed by atoms with Gasteiger partial charge in [-0.1, -0.05) is 6.92 Å². The zero-order valence-electron chi connectivity index (χ0n) is 11.6. The Morgan fingerprint density at radius 3 is 2.94 bits per heavy atom. The van der Waals surface area contributed by atoms with Gasteiger partial charge < -0.3 is 10.6 Å². The van der Waals surface area contributed by atoms with Crippen molar-refractivity contribution in [1.82, 2.24) is 15.5 Å². The molecule has 2 atom stereocenters. The fraction of sp³-hybridized carbons (Fsp3) is 0.929. The summed E-state index contributed by atoms with van der Waals surface area (Å²) in [6.45, 7) is 7.45. The third kappa shape index (κ3) is 3.69. The van der Waals surface area contributed by atoms with Crippen LogP contribution in [0.1, 0.15) is 39.0 Å². The summed E-state index contributed by atoms with van der Waals surface area (Å²) in [6.07, 6.45) is 5.91. The predicted octanol–water partition coefficient (Wildman–Crippen LogP) is 0.977. The highest BCUT2D eigenvalue weighted by molar-refractivity contribution is 5.81. The minimum Gasteiger partial charge on any atom is -0.355 e. The van der Waals surface area contributed by atoms with Crippen LogP contribution in [0.4, 0.5) is 0 Å². The first-order valence-electron chi connectivity index (χ1n) is 7.53. The van der Waals surface area contributed by atoms with Gasteiger partial charge in [-0.15, -0.1) is 0 Å². The second-order valence-electron chi connectivity index (χ2n) is 5.61. The highest BCUT2D eigenvalue weighted by Crippen LogP contribution is 2.17. The number of carbonyl (C=O) groups excluding carboxylic acids is 1. The molecule has 2 fully saturated rings. The molecule has 0 saturated carbocycles. The van der Waals surface area contributed by atoms with Crippen LogP contribution >= 0.6 is 0 Å². The van der Waals surface area contributed by atoms with Crippen molar-refractivity contribution >= 4 is 5.91 Å². The molecule has 0 aliphatic carbocycles. The smallest absolute Gasteiger partial charge is 0.237 e. The van der Waals surface area contributed by atoms with Crippen LogP contribution in [0.25, 0.3) is 0 Å². The maximum absolute atomic E-state index is 11.9. The first kappa shape index (κ1) is 13.8. The molecule has 1 amide bonds. The summed E-state index contributed by atoms with van der Waals surface area (Å²) < 4.78 is 0. The molecule has 1 unspecified atom stereocenters. The Kier molecular flexibility index (Phi) is 5.45. The summed E-state index contributed by atoms with van der Waals surface area (Å²) in [4.78, 5) is 14.3. The molecule has 0 aromatic heterocycles. The van der Waals surface area contributed by atoms with Crippen LogP contribution in [0.3, 0.4) is 0 Å². The number of nitrogens with one attached hydrogen (secondary N) is 2. The van der Waals surface area contributed by atoms with Gasteiger partial charge in [0.2, 0.25) is 5.91 Å². The fourth-order valence-corrected chi connectivity index (χ4v) is 3.16. The highest BCUT2D eigenvalue weighted by atomic mass is 16.2. The van der Waals surface area contributed by atoms with E-state index in [1.165, 1.54) is 25.8 Å². The molecule has 18 heavy (non-hydrogen) atoms. The molecule has 0 bridgehead atoms. The van der Waals surface area contributed by atoms with Crippen LogP contribution < -0.4 is 10.6 Å². The van der Waals surface area contributed by atoms with Gasteiger partial charge >= 0.3 is 0 Å². The van der Waals surface area contributed by atoms with Crippen LogP contribution in [-0.4, -0.2) is 49.6 Å². The van der Waals surface area contributed by atoms with E-state index in [1.807, 2.05) is 0 Å². The maximum Gasteiger partial charge on any atom is 0.237 e. The molecular weight excluding hydrogens is 226 g/mol. The lowest BCUT2D eigenvalue weighted by molar-refractivity contribution is -0.125. The Labute approximate surface area is 110 Å². The van der Waals surface area contributed by atoms with Gasteiger partial charge in [0.25, 0.3) is 0 Å². The number of hydrogen-bond acceptors (Lipinski definition) is 3. The normalized spacial score (nSPS) is 30.8. The molecule has 0 aromatic rings. The monoisotopic (exact) mass is 253 g/mol. The molecule has 4 heteroatoms. The number of nitrogens with zero attached hydrogens (tertiary/aromatic N) is 1. The van der Waals surface area contributed by atoms with Gasteiger partial charge in [0.1, 0.15) is 0 Å². The van der Waals surface area contributed by atoms with Crippen molar-refractivity contribution in [1.29, 1.82) is 0 Å². The number of amides is 1. The van der Waals surface area contributed by atoms with Crippen LogP contribution in [0.2, 0.25) is 0 Å². The summed E-state index contributed by atoms with van der Waals surface area (Å²) in [6, 6.07) is 0.101. The first-order valence-corrected chi connectivity index (χ1v) is 7.53. The van der Waals surface area contributed by atoms with Crippen LogP contribution in [0.15, 0.2) is 0 Å². The zero-order chi connectivity index (χ0) is 12.8. The van der Waals surface area contributed by atoms with Gasteiger partial charge in [0, 0.05) is 13.1 Å². The summed E-state index contributed by atoms with van der Waals surface area (Å²) in [7, 11) is 0. The number of hydrogen-bond donors (Lipinski definition) is 2. The van der Waals surface area contributed by atoms with E-state index in [1.54, 1.807) is 0 Å². The second-order valence-corrected chi connectivity index (χ2v) is 5.61. The predicted molar refractivity (Wildman–Crippen MR) is 73.5 cm³/mol. The van der Waals surface area contributed by atoms with Crippen LogP contribution in [-0.2, 0) is 4.79 Å². The Balaban J connectivity index is 1.82. The van der Waals surface area contributed by atoms with Crippen LogP contribution in [0.5, 0.6) is 0 Å². The molecule has 0 aromatic carbocycles. The Morgan fingerprint density at radius 2 is 2.22 bits per heavy atom. The molecular formula is C14H27N3O. The minimum absolute atomic E-state index is 0.101. The van der Waals surface area contributed by atoms with E-state index >= 15 is 0 Å². The topological polar surface area (TPSA) is 44.4 Å². The Hall–Kier alpha value is -0.610. The Bertz CT molecular complexity index is 264. The molecule has 2 aliphatic heterocycles. The molecule has 104 valence electrons. The second kappa shape index (κ2) is 7.10. The van der Waals surface area contributed by atoms with Crippen molar-refractivity contribution in [2.24, 2.45) is 5.92 Å². The summed E-state index contributed by atoms with van der Waals surface area (Å²) >= 11 is 0. The van der Waals surface area contributed by atoms with E-state index < -0.39 is 0 Å². The summed E-state index contributed by atoms with van der Waals surface area (Å²) in [5.74, 6) is 1.04. The molecule has 0 spiro atoms. The number of piperidine rings is 1. The standard InChI is InChI=1S/C14H27N3O/c1-2-13-14(18)16-8-4-9-17(13)10-6-12-5-3-7-15-11-12/h12-13,15H,2-11H2,1H3,(H,16,18)/t12?,13-/m1/s1. The van der Waals surface area contributed by atoms with Gasteiger partial charge in [0.05, 0.1) is 6.04 Å². The number of rotatable bonds is 4. The van der Waals surface area contributed by atoms with Gasteiger partial charge in [0.15, 0.2) is 0 Å². The molecule has 2 N–H and O–H groups in total. The van der Waals surface area contributed by atoms with Crippen molar-refractivity contribution < 1.29 is 4.79 Å². The summed E-state index contributed by atoms with van der Waals surface area (Å²) in [5.41, 5.74) is 0. The van der Waals surface area contributed by atoms with Crippen molar-refractivity contribution in [3.05, 3.63) is 0 Å². The van der Waals surface area contributed by atoms with E-state index in [2.05, 4.69) is 22.5 Å². The van der Waals surface area contributed by atoms with Gasteiger partial charge in [-0.2, -0.15) is 0 Å². The van der Waals surface area contributed by atoms with E-state index in [4.69, 9.17) is 0 Å². The lowest BCUT2D eigenvalue weighted by atomic mass is 9.95. The SMILES string of the molecule is CC[C@@H]1C(=O)NCCCN1CCC1CCCNC1. The average molecular weight is 253 g/mol. The molecule has 2 heterocycles. The quantitative estimate of drug-likeness (QED) is 0.785. The molecule has 4 nitrogen and oxygen atoms in total. The van der Waals surface area contributed by atoms with Gasteiger partial charge in [-0.25, -0.2) is 0 Å². The molecule has 0 radical (unpaired) electrons. The van der Waals surface area contributed by atoms with Crippen LogP contribution in [0, 0.1) is 5.92 Å². The van der Waals surface area contributed by atoms with Crippen molar-refractivity contribution in [3.8, 4) is 0 Å².